The molecule has 10 heavy (non-hydrogen) atoms. The largest absolute Gasteiger partial charge is 0.391 e. The van der Waals surface area contributed by atoms with Crippen LogP contribution in [0.25, 0.3) is 0 Å². The molecule has 1 saturated heterocycles. The Morgan fingerprint density at radius 1 is 1.10 bits per heavy atom. The molecule has 2 bridgehead atoms. The van der Waals surface area contributed by atoms with Crippen molar-refractivity contribution in [2.75, 3.05) is 0 Å². The SMILES string of the molecule is O=S1C2CCC(C2O)S1=O. The second kappa shape index (κ2) is 2.12. The molecular formula is C5H8O3S2. The van der Waals surface area contributed by atoms with Gasteiger partial charge in [-0.05, 0) is 12.8 Å². The van der Waals surface area contributed by atoms with Crippen LogP contribution in [0, 0.1) is 0 Å². The molecule has 0 aromatic carbocycles. The predicted molar refractivity (Wildman–Crippen MR) is 39.1 cm³/mol. The Bertz CT molecular complexity index is 193. The molecule has 1 N–H and O–H groups in total. The average Bonchev–Trinajstić information content (AvgIpc) is 2.34. The van der Waals surface area contributed by atoms with Crippen LogP contribution in [0.15, 0.2) is 0 Å². The number of aliphatic hydroxyl groups is 1. The molecule has 0 amide bonds. The average molecular weight is 180 g/mol. The standard InChI is InChI=1S/C5H8O3S2/c6-5-3-1-2-4(5)10(8)9(3)7/h3-6H,1-2H2. The van der Waals surface area contributed by atoms with Gasteiger partial charge in [0.1, 0.15) is 19.7 Å². The smallest absolute Gasteiger partial charge is 0.117 e. The third-order valence-electron chi connectivity index (χ3n) is 2.15. The summed E-state index contributed by atoms with van der Waals surface area (Å²) in [6.07, 6.45) is 1.01. The first-order chi connectivity index (χ1) is 4.72. The van der Waals surface area contributed by atoms with Crippen LogP contribution in [-0.4, -0.2) is 30.1 Å². The summed E-state index contributed by atoms with van der Waals surface area (Å²) in [4.78, 5) is 0. The second-order valence-corrected chi connectivity index (χ2v) is 6.89. The van der Waals surface area contributed by atoms with Crippen LogP contribution >= 0.6 is 0 Å². The molecule has 0 aromatic heterocycles. The topological polar surface area (TPSA) is 54.4 Å². The molecule has 1 aliphatic heterocycles. The third kappa shape index (κ3) is 0.682. The second-order valence-electron chi connectivity index (χ2n) is 2.67. The molecule has 5 heteroatoms. The van der Waals surface area contributed by atoms with E-state index in [1.807, 2.05) is 0 Å². The van der Waals surface area contributed by atoms with Crippen molar-refractivity contribution >= 4 is 19.7 Å². The van der Waals surface area contributed by atoms with E-state index >= 15 is 0 Å². The number of hydrogen-bond donors (Lipinski definition) is 1. The van der Waals surface area contributed by atoms with Gasteiger partial charge >= 0.3 is 0 Å². The van der Waals surface area contributed by atoms with Gasteiger partial charge in [0.25, 0.3) is 0 Å². The number of rotatable bonds is 0. The van der Waals surface area contributed by atoms with Gasteiger partial charge in [-0.25, -0.2) is 8.42 Å². The molecular weight excluding hydrogens is 172 g/mol. The first-order valence-corrected chi connectivity index (χ1v) is 6.16. The number of hydrogen-bond acceptors (Lipinski definition) is 3. The Balaban J connectivity index is 2.38. The van der Waals surface area contributed by atoms with Gasteiger partial charge in [-0.3, -0.25) is 0 Å². The summed E-state index contributed by atoms with van der Waals surface area (Å²) in [7, 11) is -2.53. The lowest BCUT2D eigenvalue weighted by molar-refractivity contribution is 0.194. The van der Waals surface area contributed by atoms with E-state index in [2.05, 4.69) is 0 Å². The lowest BCUT2D eigenvalue weighted by atomic mass is 10.3. The Morgan fingerprint density at radius 3 is 1.70 bits per heavy atom. The van der Waals surface area contributed by atoms with Crippen LogP contribution < -0.4 is 0 Å². The molecule has 2 aliphatic rings. The molecule has 4 atom stereocenters. The van der Waals surface area contributed by atoms with Crippen LogP contribution in [0.4, 0.5) is 0 Å². The highest BCUT2D eigenvalue weighted by Gasteiger charge is 2.51. The van der Waals surface area contributed by atoms with Gasteiger partial charge in [-0.15, -0.1) is 0 Å². The first-order valence-electron chi connectivity index (χ1n) is 3.21. The zero-order chi connectivity index (χ0) is 7.30. The molecule has 0 spiro atoms. The van der Waals surface area contributed by atoms with Crippen molar-refractivity contribution in [2.24, 2.45) is 0 Å². The zero-order valence-electron chi connectivity index (χ0n) is 5.23. The molecule has 3 nitrogen and oxygen atoms in total. The molecule has 2 fully saturated rings. The third-order valence-corrected chi connectivity index (χ3v) is 6.95. The molecule has 1 aliphatic carbocycles. The lowest BCUT2D eigenvalue weighted by Crippen LogP contribution is -2.20. The summed E-state index contributed by atoms with van der Waals surface area (Å²) in [5, 5.41) is 8.91. The fourth-order valence-corrected chi connectivity index (χ4v) is 6.37. The summed E-state index contributed by atoms with van der Waals surface area (Å²) in [5.41, 5.74) is 0. The number of aliphatic hydroxyl groups excluding tert-OH is 1. The van der Waals surface area contributed by atoms with Crippen molar-refractivity contribution in [3.8, 4) is 0 Å². The quantitative estimate of drug-likeness (QED) is 0.502. The van der Waals surface area contributed by atoms with Crippen molar-refractivity contribution in [2.45, 2.75) is 29.4 Å². The summed E-state index contributed by atoms with van der Waals surface area (Å²) < 4.78 is 22.1. The molecule has 1 heterocycles. The van der Waals surface area contributed by atoms with Gasteiger partial charge < -0.3 is 5.11 Å². The van der Waals surface area contributed by atoms with Crippen molar-refractivity contribution in [3.05, 3.63) is 0 Å². The fourth-order valence-electron chi connectivity index (χ4n) is 1.57. The maximum absolute atomic E-state index is 11.0. The minimum Gasteiger partial charge on any atom is -0.391 e. The van der Waals surface area contributed by atoms with Crippen molar-refractivity contribution in [1.29, 1.82) is 0 Å². The Morgan fingerprint density at radius 2 is 1.50 bits per heavy atom. The lowest BCUT2D eigenvalue weighted by Gasteiger charge is -2.04. The van der Waals surface area contributed by atoms with Gasteiger partial charge in [0.15, 0.2) is 0 Å². The van der Waals surface area contributed by atoms with E-state index in [4.69, 9.17) is 0 Å². The highest BCUT2D eigenvalue weighted by molar-refractivity contribution is 8.62. The Kier molecular flexibility index (Phi) is 1.47. The maximum atomic E-state index is 11.0. The Hall–Kier alpha value is 0.260. The van der Waals surface area contributed by atoms with Crippen LogP contribution in [0.5, 0.6) is 0 Å². The zero-order valence-corrected chi connectivity index (χ0v) is 6.86. The summed E-state index contributed by atoms with van der Waals surface area (Å²) >= 11 is 0. The van der Waals surface area contributed by atoms with Gasteiger partial charge in [0, 0.05) is 0 Å². The summed E-state index contributed by atoms with van der Waals surface area (Å²) in [6, 6.07) is 0. The first kappa shape index (κ1) is 6.94. The van der Waals surface area contributed by atoms with Crippen LogP contribution in [0.3, 0.4) is 0 Å². The fraction of sp³-hybridized carbons (Fsp3) is 1.00. The minimum atomic E-state index is -1.26. The van der Waals surface area contributed by atoms with Crippen LogP contribution in [0.1, 0.15) is 12.8 Å². The molecule has 0 aromatic rings. The summed E-state index contributed by atoms with van der Waals surface area (Å²) in [6.45, 7) is 0. The normalized spacial score (nSPS) is 59.5. The molecule has 4 unspecified atom stereocenters. The van der Waals surface area contributed by atoms with Crippen LogP contribution in [-0.2, 0) is 19.7 Å². The van der Waals surface area contributed by atoms with Crippen molar-refractivity contribution in [3.63, 3.8) is 0 Å². The van der Waals surface area contributed by atoms with Crippen LogP contribution in [0.2, 0.25) is 0 Å². The monoisotopic (exact) mass is 180 g/mol. The minimum absolute atomic E-state index is 0.189. The van der Waals surface area contributed by atoms with Crippen molar-refractivity contribution in [1.82, 2.24) is 0 Å². The van der Waals surface area contributed by atoms with E-state index in [0.29, 0.717) is 0 Å². The predicted octanol–water partition coefficient (Wildman–Crippen LogP) is -0.696. The van der Waals surface area contributed by atoms with Crippen molar-refractivity contribution < 1.29 is 13.5 Å². The van der Waals surface area contributed by atoms with E-state index in [-0.39, 0.29) is 10.5 Å². The highest BCUT2D eigenvalue weighted by Crippen LogP contribution is 2.37. The van der Waals surface area contributed by atoms with Gasteiger partial charge in [-0.2, -0.15) is 0 Å². The van der Waals surface area contributed by atoms with E-state index in [1.165, 1.54) is 0 Å². The molecule has 1 saturated carbocycles. The van der Waals surface area contributed by atoms with E-state index in [9.17, 15) is 13.5 Å². The molecule has 0 radical (unpaired) electrons. The molecule has 2 rings (SSSR count). The van der Waals surface area contributed by atoms with E-state index in [1.54, 1.807) is 0 Å². The maximum Gasteiger partial charge on any atom is 0.117 e. The van der Waals surface area contributed by atoms with Gasteiger partial charge in [0.2, 0.25) is 0 Å². The summed E-state index contributed by atoms with van der Waals surface area (Å²) in [5.74, 6) is 0. The van der Waals surface area contributed by atoms with E-state index < -0.39 is 25.8 Å². The number of fused-ring (bicyclic) bond motifs is 2. The highest BCUT2D eigenvalue weighted by atomic mass is 33.1. The van der Waals surface area contributed by atoms with Gasteiger partial charge in [0.05, 0.1) is 16.6 Å². The molecule has 58 valence electrons. The Labute approximate surface area is 63.1 Å². The van der Waals surface area contributed by atoms with Gasteiger partial charge in [-0.1, -0.05) is 0 Å². The van der Waals surface area contributed by atoms with E-state index in [0.717, 1.165) is 12.8 Å².